The van der Waals surface area contributed by atoms with Crippen LogP contribution in [0, 0.1) is 0 Å². The van der Waals surface area contributed by atoms with E-state index in [1.165, 1.54) is 103 Å². The molecule has 0 aromatic rings. The van der Waals surface area contributed by atoms with Crippen molar-refractivity contribution in [3.63, 3.8) is 0 Å². The Morgan fingerprint density at radius 1 is 0.424 bits per heavy atom. The fourth-order valence-corrected chi connectivity index (χ4v) is 6.78. The third-order valence-corrected chi connectivity index (χ3v) is 10.5. The number of allylic oxidation sites excluding steroid dienone is 17. The van der Waals surface area contributed by atoms with Gasteiger partial charge in [-0.1, -0.05) is 232 Å². The van der Waals surface area contributed by atoms with Gasteiger partial charge in [0.1, 0.15) is 0 Å². The van der Waals surface area contributed by atoms with Crippen LogP contribution in [0.4, 0.5) is 0 Å². The fraction of sp³-hybridized carbons (Fsp3) is 0.655. The summed E-state index contributed by atoms with van der Waals surface area (Å²) >= 11 is 0. The molecule has 0 aliphatic carbocycles. The second-order valence-corrected chi connectivity index (χ2v) is 16.1. The van der Waals surface area contributed by atoms with Gasteiger partial charge in [0.15, 0.2) is 0 Å². The Hall–Kier alpha value is -2.95. The molecule has 3 N–H and O–H groups in total. The minimum Gasteiger partial charge on any atom is -0.394 e. The lowest BCUT2D eigenvalue weighted by Gasteiger charge is -2.20. The molecule has 0 rings (SSSR count). The molecule has 2 unspecified atom stereocenters. The van der Waals surface area contributed by atoms with Crippen LogP contribution in [0.5, 0.6) is 0 Å². The number of hydrogen-bond donors (Lipinski definition) is 3. The van der Waals surface area contributed by atoms with Crippen molar-refractivity contribution < 1.29 is 15.0 Å². The Morgan fingerprint density at radius 3 is 1.12 bits per heavy atom. The topological polar surface area (TPSA) is 69.6 Å². The first-order valence-electron chi connectivity index (χ1n) is 24.6. The SMILES string of the molecule is CC/C=C\C/C=C\C/C=C\C/C=C\C/C=C\C/C=C\C/C=C\C/C=C\CCCCCCCCCCC(=O)NC(CO)C(O)/C=C/CCCCCCCCCCCCCC. The molecule has 4 nitrogen and oxygen atoms in total. The van der Waals surface area contributed by atoms with Crippen LogP contribution in [0.15, 0.2) is 109 Å². The fourth-order valence-electron chi connectivity index (χ4n) is 6.78. The Kier molecular flexibility index (Phi) is 46.9. The Labute approximate surface area is 366 Å². The van der Waals surface area contributed by atoms with Gasteiger partial charge in [0, 0.05) is 6.42 Å². The summed E-state index contributed by atoms with van der Waals surface area (Å²) in [5.41, 5.74) is 0. The molecule has 4 heteroatoms. The predicted octanol–water partition coefficient (Wildman–Crippen LogP) is 16.0. The summed E-state index contributed by atoms with van der Waals surface area (Å²) < 4.78 is 0. The third kappa shape index (κ3) is 46.0. The number of unbranched alkanes of at least 4 members (excludes halogenated alkanes) is 20. The molecule has 0 radical (unpaired) electrons. The highest BCUT2D eigenvalue weighted by molar-refractivity contribution is 5.76. The van der Waals surface area contributed by atoms with Gasteiger partial charge in [-0.25, -0.2) is 0 Å². The van der Waals surface area contributed by atoms with Gasteiger partial charge in [0.25, 0.3) is 0 Å². The summed E-state index contributed by atoms with van der Waals surface area (Å²) in [6.07, 6.45) is 74.9. The summed E-state index contributed by atoms with van der Waals surface area (Å²) in [5.74, 6) is -0.0779. The van der Waals surface area contributed by atoms with Gasteiger partial charge >= 0.3 is 0 Å². The highest BCUT2D eigenvalue weighted by Gasteiger charge is 2.17. The average molecular weight is 816 g/mol. The number of rotatable bonds is 43. The van der Waals surface area contributed by atoms with Crippen LogP contribution < -0.4 is 5.32 Å². The molecule has 336 valence electrons. The summed E-state index contributed by atoms with van der Waals surface area (Å²) in [5, 5.41) is 23.0. The van der Waals surface area contributed by atoms with Gasteiger partial charge in [-0.15, -0.1) is 0 Å². The number of carbonyl (C=O) groups excluding carboxylic acids is 1. The van der Waals surface area contributed by atoms with Gasteiger partial charge < -0.3 is 15.5 Å². The first-order valence-corrected chi connectivity index (χ1v) is 24.6. The first-order chi connectivity index (χ1) is 29.2. The molecule has 0 heterocycles. The molecule has 0 saturated heterocycles. The molecular weight excluding hydrogens is 723 g/mol. The summed E-state index contributed by atoms with van der Waals surface area (Å²) in [6, 6.07) is -0.633. The number of aliphatic hydroxyl groups excluding tert-OH is 2. The quantitative estimate of drug-likeness (QED) is 0.0424. The van der Waals surface area contributed by atoms with Gasteiger partial charge in [-0.2, -0.15) is 0 Å². The maximum atomic E-state index is 12.4. The smallest absolute Gasteiger partial charge is 0.220 e. The van der Waals surface area contributed by atoms with Crippen molar-refractivity contribution in [3.05, 3.63) is 109 Å². The van der Waals surface area contributed by atoms with Crippen molar-refractivity contribution in [1.82, 2.24) is 5.32 Å². The van der Waals surface area contributed by atoms with Crippen molar-refractivity contribution in [3.8, 4) is 0 Å². The lowest BCUT2D eigenvalue weighted by molar-refractivity contribution is -0.123. The van der Waals surface area contributed by atoms with E-state index in [4.69, 9.17) is 0 Å². The van der Waals surface area contributed by atoms with Crippen molar-refractivity contribution in [1.29, 1.82) is 0 Å². The molecule has 0 aromatic carbocycles. The van der Waals surface area contributed by atoms with Crippen LogP contribution in [0.2, 0.25) is 0 Å². The lowest BCUT2D eigenvalue weighted by atomic mass is 10.0. The molecular formula is C55H93NO3. The Bertz CT molecular complexity index is 1150. The largest absolute Gasteiger partial charge is 0.394 e. The molecule has 0 fully saturated rings. The second kappa shape index (κ2) is 49.4. The van der Waals surface area contributed by atoms with Gasteiger partial charge in [0.2, 0.25) is 5.91 Å². The van der Waals surface area contributed by atoms with E-state index in [1.807, 2.05) is 6.08 Å². The average Bonchev–Trinajstić information content (AvgIpc) is 3.24. The maximum Gasteiger partial charge on any atom is 0.220 e. The summed E-state index contributed by atoms with van der Waals surface area (Å²) in [4.78, 5) is 12.4. The predicted molar refractivity (Wildman–Crippen MR) is 262 cm³/mol. The standard InChI is InChI=1S/C55H93NO3/c1-3-5-7-9-11-13-15-17-19-20-21-22-23-24-25-26-27-28-29-30-31-32-33-34-35-36-37-39-41-43-45-47-49-51-55(59)56-53(52-57)54(58)50-48-46-44-42-40-38-18-16-14-12-10-8-6-4-2/h5,7,11,13,17,19,21-22,24-25,27-28,30-31,33-34,48,50,53-54,57-58H,3-4,6,8-10,12,14-16,18,20,23,26,29,32,35-47,49,51-52H2,1-2H3,(H,56,59)/b7-5-,13-11-,19-17-,22-21-,25-24-,28-27-,31-30-,34-33-,50-48+. The molecule has 0 spiro atoms. The van der Waals surface area contributed by atoms with Crippen LogP contribution in [-0.2, 0) is 4.79 Å². The minimum atomic E-state index is -0.849. The molecule has 0 aromatic heterocycles. The number of amides is 1. The van der Waals surface area contributed by atoms with Crippen LogP contribution in [0.1, 0.15) is 213 Å². The molecule has 0 bridgehead atoms. The van der Waals surface area contributed by atoms with E-state index in [0.717, 1.165) is 89.9 Å². The normalized spacial score (nSPS) is 13.9. The lowest BCUT2D eigenvalue weighted by Crippen LogP contribution is -2.45. The van der Waals surface area contributed by atoms with E-state index >= 15 is 0 Å². The Balaban J connectivity index is 3.64. The zero-order valence-electron chi connectivity index (χ0n) is 38.5. The van der Waals surface area contributed by atoms with Gasteiger partial charge in [-0.05, 0) is 83.5 Å². The van der Waals surface area contributed by atoms with E-state index in [1.54, 1.807) is 6.08 Å². The van der Waals surface area contributed by atoms with Crippen molar-refractivity contribution in [2.75, 3.05) is 6.61 Å². The highest BCUT2D eigenvalue weighted by atomic mass is 16.3. The molecule has 2 atom stereocenters. The van der Waals surface area contributed by atoms with E-state index < -0.39 is 12.1 Å². The molecule has 59 heavy (non-hydrogen) atoms. The van der Waals surface area contributed by atoms with Crippen molar-refractivity contribution in [2.45, 2.75) is 225 Å². The first kappa shape index (κ1) is 56.0. The highest BCUT2D eigenvalue weighted by Crippen LogP contribution is 2.14. The van der Waals surface area contributed by atoms with E-state index in [9.17, 15) is 15.0 Å². The summed E-state index contributed by atoms with van der Waals surface area (Å²) in [6.45, 7) is 4.18. The van der Waals surface area contributed by atoms with Crippen LogP contribution in [0.3, 0.4) is 0 Å². The van der Waals surface area contributed by atoms with Crippen molar-refractivity contribution >= 4 is 5.91 Å². The Morgan fingerprint density at radius 2 is 0.746 bits per heavy atom. The summed E-state index contributed by atoms with van der Waals surface area (Å²) in [7, 11) is 0. The minimum absolute atomic E-state index is 0.0779. The van der Waals surface area contributed by atoms with Gasteiger partial charge in [0.05, 0.1) is 18.8 Å². The van der Waals surface area contributed by atoms with Crippen LogP contribution >= 0.6 is 0 Å². The molecule has 1 amide bonds. The van der Waals surface area contributed by atoms with E-state index in [2.05, 4.69) is 116 Å². The third-order valence-electron chi connectivity index (χ3n) is 10.5. The molecule has 0 aliphatic rings. The number of aliphatic hydroxyl groups is 2. The van der Waals surface area contributed by atoms with E-state index in [0.29, 0.717) is 6.42 Å². The number of carbonyl (C=O) groups is 1. The zero-order chi connectivity index (χ0) is 42.8. The van der Waals surface area contributed by atoms with Crippen LogP contribution in [0.25, 0.3) is 0 Å². The van der Waals surface area contributed by atoms with Gasteiger partial charge in [-0.3, -0.25) is 4.79 Å². The number of hydrogen-bond acceptors (Lipinski definition) is 3. The van der Waals surface area contributed by atoms with Crippen LogP contribution in [-0.4, -0.2) is 34.9 Å². The maximum absolute atomic E-state index is 12.4. The molecule has 0 saturated carbocycles. The zero-order valence-corrected chi connectivity index (χ0v) is 38.5. The van der Waals surface area contributed by atoms with Crippen molar-refractivity contribution in [2.24, 2.45) is 0 Å². The second-order valence-electron chi connectivity index (χ2n) is 16.1. The van der Waals surface area contributed by atoms with E-state index in [-0.39, 0.29) is 12.5 Å². The monoisotopic (exact) mass is 816 g/mol. The molecule has 0 aliphatic heterocycles. The number of nitrogens with one attached hydrogen (secondary N) is 1.